The lowest BCUT2D eigenvalue weighted by Crippen LogP contribution is -2.13. The van der Waals surface area contributed by atoms with E-state index in [0.717, 1.165) is 11.4 Å². The van der Waals surface area contributed by atoms with Gasteiger partial charge in [0.1, 0.15) is 23.0 Å². The first kappa shape index (κ1) is 20.5. The number of furan rings is 1. The quantitative estimate of drug-likeness (QED) is 0.615. The molecule has 3 aromatic rings. The standard InChI is InChI=1S/C21H19N5O4/c1-11-8-12(2)24-21(23-11)25-15-7-5-6-14(9-15)18(27)26-19-16(10-22)17(13(3)30-19)20(28)29-4/h5-9H,1-4H3,(H,26,27)(H,23,24,25). The molecular weight excluding hydrogens is 386 g/mol. The Morgan fingerprint density at radius 2 is 1.83 bits per heavy atom. The normalized spacial score (nSPS) is 10.2. The van der Waals surface area contributed by atoms with Crippen molar-refractivity contribution in [3.05, 3.63) is 64.2 Å². The zero-order valence-corrected chi connectivity index (χ0v) is 16.9. The van der Waals surface area contributed by atoms with Gasteiger partial charge in [0.25, 0.3) is 5.91 Å². The van der Waals surface area contributed by atoms with Gasteiger partial charge in [-0.3, -0.25) is 10.1 Å². The summed E-state index contributed by atoms with van der Waals surface area (Å²) in [6.45, 7) is 5.24. The van der Waals surface area contributed by atoms with Gasteiger partial charge < -0.3 is 14.5 Å². The van der Waals surface area contributed by atoms with Gasteiger partial charge in [-0.15, -0.1) is 0 Å². The minimum absolute atomic E-state index is 0.0160. The first-order chi connectivity index (χ1) is 14.3. The lowest BCUT2D eigenvalue weighted by Gasteiger charge is -2.08. The number of nitrogens with zero attached hydrogens (tertiary/aromatic N) is 3. The number of nitrogens with one attached hydrogen (secondary N) is 2. The second kappa shape index (κ2) is 8.45. The fourth-order valence-corrected chi connectivity index (χ4v) is 2.91. The van der Waals surface area contributed by atoms with Crippen LogP contribution in [0.5, 0.6) is 0 Å². The second-order valence-electron chi connectivity index (χ2n) is 6.48. The molecule has 0 spiro atoms. The number of carbonyl (C=O) groups excluding carboxylic acids is 2. The molecular formula is C21H19N5O4. The Hall–Kier alpha value is -4.19. The van der Waals surface area contributed by atoms with Crippen LogP contribution in [0, 0.1) is 32.1 Å². The van der Waals surface area contributed by atoms with E-state index in [-0.39, 0.29) is 22.8 Å². The van der Waals surface area contributed by atoms with E-state index in [0.29, 0.717) is 17.2 Å². The zero-order valence-electron chi connectivity index (χ0n) is 16.9. The highest BCUT2D eigenvalue weighted by Gasteiger charge is 2.25. The highest BCUT2D eigenvalue weighted by atomic mass is 16.5. The molecule has 0 fully saturated rings. The molecule has 9 nitrogen and oxygen atoms in total. The molecule has 2 heterocycles. The Morgan fingerprint density at radius 3 is 2.47 bits per heavy atom. The SMILES string of the molecule is COC(=O)c1c(C)oc(NC(=O)c2cccc(Nc3nc(C)cc(C)n3)c2)c1C#N. The van der Waals surface area contributed by atoms with Crippen LogP contribution in [0.25, 0.3) is 0 Å². The van der Waals surface area contributed by atoms with Crippen LogP contribution in [0.2, 0.25) is 0 Å². The minimum atomic E-state index is -0.715. The van der Waals surface area contributed by atoms with E-state index in [9.17, 15) is 14.9 Å². The maximum Gasteiger partial charge on any atom is 0.342 e. The van der Waals surface area contributed by atoms with Crippen LogP contribution in [0.3, 0.4) is 0 Å². The lowest BCUT2D eigenvalue weighted by molar-refractivity contribution is 0.0598. The number of esters is 1. The van der Waals surface area contributed by atoms with Crippen LogP contribution in [0.15, 0.2) is 34.7 Å². The zero-order chi connectivity index (χ0) is 21.8. The highest BCUT2D eigenvalue weighted by Crippen LogP contribution is 2.27. The molecule has 0 radical (unpaired) electrons. The van der Waals surface area contributed by atoms with Crippen LogP contribution in [-0.2, 0) is 4.74 Å². The number of methoxy groups -OCH3 is 1. The monoisotopic (exact) mass is 405 g/mol. The van der Waals surface area contributed by atoms with Gasteiger partial charge in [0.15, 0.2) is 0 Å². The summed E-state index contributed by atoms with van der Waals surface area (Å²) in [5, 5.41) is 15.0. The molecule has 0 bridgehead atoms. The number of carbonyl (C=O) groups is 2. The maximum atomic E-state index is 12.7. The summed E-state index contributed by atoms with van der Waals surface area (Å²) in [6, 6.07) is 10.4. The average Bonchev–Trinajstić information content (AvgIpc) is 3.01. The average molecular weight is 405 g/mol. The summed E-state index contributed by atoms with van der Waals surface area (Å²) in [5.74, 6) is -0.747. The molecule has 2 aromatic heterocycles. The third-order valence-corrected chi connectivity index (χ3v) is 4.18. The summed E-state index contributed by atoms with van der Waals surface area (Å²) < 4.78 is 10.1. The molecule has 30 heavy (non-hydrogen) atoms. The Kier molecular flexibility index (Phi) is 5.78. The number of hydrogen-bond acceptors (Lipinski definition) is 8. The van der Waals surface area contributed by atoms with Crippen molar-refractivity contribution in [3.8, 4) is 6.07 Å². The molecule has 0 aliphatic carbocycles. The molecule has 3 rings (SSSR count). The fourth-order valence-electron chi connectivity index (χ4n) is 2.91. The summed E-state index contributed by atoms with van der Waals surface area (Å²) in [7, 11) is 1.20. The van der Waals surface area contributed by atoms with Gasteiger partial charge in [-0.2, -0.15) is 5.26 Å². The van der Waals surface area contributed by atoms with Gasteiger partial charge in [0.2, 0.25) is 11.8 Å². The Bertz CT molecular complexity index is 1160. The lowest BCUT2D eigenvalue weighted by atomic mass is 10.1. The fraction of sp³-hybridized carbons (Fsp3) is 0.190. The van der Waals surface area contributed by atoms with Crippen molar-refractivity contribution in [2.75, 3.05) is 17.7 Å². The summed E-state index contributed by atoms with van der Waals surface area (Å²) in [6.07, 6.45) is 0. The van der Waals surface area contributed by atoms with Gasteiger partial charge in [0, 0.05) is 22.6 Å². The van der Waals surface area contributed by atoms with Crippen molar-refractivity contribution in [2.45, 2.75) is 20.8 Å². The number of nitriles is 1. The number of aryl methyl sites for hydroxylation is 3. The Morgan fingerprint density at radius 1 is 1.13 bits per heavy atom. The van der Waals surface area contributed by atoms with E-state index in [2.05, 4.69) is 25.3 Å². The van der Waals surface area contributed by atoms with Crippen LogP contribution < -0.4 is 10.6 Å². The van der Waals surface area contributed by atoms with Crippen LogP contribution >= 0.6 is 0 Å². The van der Waals surface area contributed by atoms with Crippen LogP contribution in [-0.4, -0.2) is 29.0 Å². The smallest absolute Gasteiger partial charge is 0.342 e. The predicted molar refractivity (Wildman–Crippen MR) is 109 cm³/mol. The second-order valence-corrected chi connectivity index (χ2v) is 6.48. The van der Waals surface area contributed by atoms with Crippen LogP contribution in [0.1, 0.15) is 43.4 Å². The molecule has 1 aromatic carbocycles. The molecule has 0 aliphatic rings. The van der Waals surface area contributed by atoms with Crippen molar-refractivity contribution in [2.24, 2.45) is 0 Å². The first-order valence-electron chi connectivity index (χ1n) is 8.95. The summed E-state index contributed by atoms with van der Waals surface area (Å²) in [4.78, 5) is 33.2. The topological polar surface area (TPSA) is 130 Å². The van der Waals surface area contributed by atoms with E-state index >= 15 is 0 Å². The van der Waals surface area contributed by atoms with Gasteiger partial charge in [-0.1, -0.05) is 6.07 Å². The van der Waals surface area contributed by atoms with Crippen LogP contribution in [0.4, 0.5) is 17.5 Å². The first-order valence-corrected chi connectivity index (χ1v) is 8.95. The number of rotatable bonds is 5. The van der Waals surface area contributed by atoms with Crippen molar-refractivity contribution >= 4 is 29.4 Å². The molecule has 0 saturated carbocycles. The third-order valence-electron chi connectivity index (χ3n) is 4.18. The van der Waals surface area contributed by atoms with Crippen molar-refractivity contribution in [1.29, 1.82) is 5.26 Å². The predicted octanol–water partition coefficient (Wildman–Crippen LogP) is 3.65. The Balaban J connectivity index is 1.84. The number of aromatic nitrogens is 2. The third kappa shape index (κ3) is 4.28. The molecule has 0 saturated heterocycles. The van der Waals surface area contributed by atoms with E-state index in [1.165, 1.54) is 14.0 Å². The molecule has 152 valence electrons. The molecule has 0 atom stereocenters. The van der Waals surface area contributed by atoms with Crippen molar-refractivity contribution in [1.82, 2.24) is 9.97 Å². The van der Waals surface area contributed by atoms with Crippen molar-refractivity contribution in [3.63, 3.8) is 0 Å². The number of hydrogen-bond donors (Lipinski definition) is 2. The van der Waals surface area contributed by atoms with E-state index in [4.69, 9.17) is 4.42 Å². The molecule has 0 unspecified atom stereocenters. The van der Waals surface area contributed by atoms with Gasteiger partial charge in [0.05, 0.1) is 7.11 Å². The summed E-state index contributed by atoms with van der Waals surface area (Å²) in [5.41, 5.74) is 2.44. The molecule has 0 aliphatic heterocycles. The number of anilines is 3. The minimum Gasteiger partial charge on any atom is -0.465 e. The molecule has 1 amide bonds. The number of ether oxygens (including phenoxy) is 1. The van der Waals surface area contributed by atoms with E-state index < -0.39 is 11.9 Å². The largest absolute Gasteiger partial charge is 0.465 e. The Labute approximate surface area is 172 Å². The van der Waals surface area contributed by atoms with Gasteiger partial charge in [-0.05, 0) is 45.0 Å². The van der Waals surface area contributed by atoms with Gasteiger partial charge in [-0.25, -0.2) is 14.8 Å². The number of amides is 1. The maximum absolute atomic E-state index is 12.7. The highest BCUT2D eigenvalue weighted by molar-refractivity contribution is 6.06. The molecule has 2 N–H and O–H groups in total. The van der Waals surface area contributed by atoms with E-state index in [1.807, 2.05) is 26.0 Å². The summed E-state index contributed by atoms with van der Waals surface area (Å²) >= 11 is 0. The molecule has 9 heteroatoms. The van der Waals surface area contributed by atoms with Crippen molar-refractivity contribution < 1.29 is 18.7 Å². The number of benzene rings is 1. The van der Waals surface area contributed by atoms with Gasteiger partial charge >= 0.3 is 5.97 Å². The van der Waals surface area contributed by atoms with E-state index in [1.54, 1.807) is 24.3 Å².